The Hall–Kier alpha value is -3.55. The molecule has 1 saturated heterocycles. The van der Waals surface area contributed by atoms with E-state index in [1.165, 1.54) is 0 Å². The number of benzene rings is 2. The predicted molar refractivity (Wildman–Crippen MR) is 103 cm³/mol. The van der Waals surface area contributed by atoms with Crippen LogP contribution in [0.5, 0.6) is 11.5 Å². The molecule has 2 aromatic carbocycles. The van der Waals surface area contributed by atoms with E-state index in [0.717, 1.165) is 0 Å². The van der Waals surface area contributed by atoms with Crippen LogP contribution in [0, 0.1) is 5.92 Å². The van der Waals surface area contributed by atoms with E-state index in [0.29, 0.717) is 54.2 Å². The average molecular weight is 396 g/mol. The van der Waals surface area contributed by atoms with Crippen molar-refractivity contribution < 1.29 is 29.0 Å². The molecule has 0 radical (unpaired) electrons. The fourth-order valence-electron chi connectivity index (χ4n) is 3.45. The van der Waals surface area contributed by atoms with Gasteiger partial charge in [0.05, 0.1) is 5.92 Å². The van der Waals surface area contributed by atoms with E-state index in [9.17, 15) is 14.4 Å². The summed E-state index contributed by atoms with van der Waals surface area (Å²) in [6.45, 7) is 1.00. The lowest BCUT2D eigenvalue weighted by Crippen LogP contribution is -2.40. The van der Waals surface area contributed by atoms with Gasteiger partial charge >= 0.3 is 5.97 Å². The van der Waals surface area contributed by atoms with Gasteiger partial charge in [-0.3, -0.25) is 14.4 Å². The molecule has 2 aliphatic heterocycles. The molecule has 0 spiro atoms. The summed E-state index contributed by atoms with van der Waals surface area (Å²) in [6.07, 6.45) is 0.926. The Morgan fingerprint density at radius 2 is 1.59 bits per heavy atom. The number of anilines is 1. The van der Waals surface area contributed by atoms with Crippen molar-refractivity contribution >= 4 is 23.5 Å². The summed E-state index contributed by atoms with van der Waals surface area (Å²) in [5.41, 5.74) is 1.50. The van der Waals surface area contributed by atoms with Gasteiger partial charge in [0.15, 0.2) is 11.5 Å². The van der Waals surface area contributed by atoms with Crippen LogP contribution >= 0.6 is 0 Å². The fourth-order valence-corrected chi connectivity index (χ4v) is 3.45. The highest BCUT2D eigenvalue weighted by molar-refractivity contribution is 6.05. The zero-order chi connectivity index (χ0) is 20.4. The third-order valence-corrected chi connectivity index (χ3v) is 5.16. The molecule has 4 rings (SSSR count). The fraction of sp³-hybridized carbons (Fsp3) is 0.286. The van der Waals surface area contributed by atoms with E-state index in [1.807, 2.05) is 0 Å². The molecular weight excluding hydrogens is 376 g/mol. The quantitative estimate of drug-likeness (QED) is 0.823. The molecule has 2 amide bonds. The number of hydrogen-bond donors (Lipinski definition) is 2. The maximum Gasteiger partial charge on any atom is 0.306 e. The SMILES string of the molecule is O=C(Nc1ccc(C(=O)N2CCC(C(=O)O)CC2)cc1)c1ccc2c(c1)OCO2. The second-order valence-corrected chi connectivity index (χ2v) is 7.00. The van der Waals surface area contributed by atoms with Gasteiger partial charge in [-0.05, 0) is 55.3 Å². The number of carbonyl (C=O) groups is 3. The number of rotatable bonds is 4. The van der Waals surface area contributed by atoms with Crippen molar-refractivity contribution in [2.24, 2.45) is 5.92 Å². The van der Waals surface area contributed by atoms with Crippen molar-refractivity contribution in [2.75, 3.05) is 25.2 Å². The van der Waals surface area contributed by atoms with Crippen LogP contribution in [-0.4, -0.2) is 47.7 Å². The van der Waals surface area contributed by atoms with Crippen LogP contribution in [0.4, 0.5) is 5.69 Å². The van der Waals surface area contributed by atoms with Crippen LogP contribution in [0.1, 0.15) is 33.6 Å². The lowest BCUT2D eigenvalue weighted by Gasteiger charge is -2.30. The van der Waals surface area contributed by atoms with E-state index >= 15 is 0 Å². The molecule has 8 nitrogen and oxygen atoms in total. The first-order valence-electron chi connectivity index (χ1n) is 9.34. The molecule has 29 heavy (non-hydrogen) atoms. The van der Waals surface area contributed by atoms with Crippen molar-refractivity contribution in [2.45, 2.75) is 12.8 Å². The molecule has 150 valence electrons. The Labute approximate surface area is 167 Å². The molecule has 0 aliphatic carbocycles. The molecule has 0 saturated carbocycles. The summed E-state index contributed by atoms with van der Waals surface area (Å²) >= 11 is 0. The summed E-state index contributed by atoms with van der Waals surface area (Å²) in [5, 5.41) is 11.8. The van der Waals surface area contributed by atoms with Gasteiger partial charge in [-0.15, -0.1) is 0 Å². The smallest absolute Gasteiger partial charge is 0.306 e. The van der Waals surface area contributed by atoms with Crippen molar-refractivity contribution in [3.8, 4) is 11.5 Å². The summed E-state index contributed by atoms with van der Waals surface area (Å²) in [7, 11) is 0. The van der Waals surface area contributed by atoms with Gasteiger partial charge in [0.25, 0.3) is 11.8 Å². The van der Waals surface area contributed by atoms with Crippen molar-refractivity contribution in [1.82, 2.24) is 4.90 Å². The molecule has 0 atom stereocenters. The number of carboxylic acids is 1. The molecule has 1 fully saturated rings. The molecule has 0 bridgehead atoms. The van der Waals surface area contributed by atoms with Gasteiger partial charge in [-0.25, -0.2) is 0 Å². The van der Waals surface area contributed by atoms with Gasteiger partial charge in [0.2, 0.25) is 6.79 Å². The van der Waals surface area contributed by atoms with E-state index < -0.39 is 5.97 Å². The first-order valence-corrected chi connectivity index (χ1v) is 9.34. The highest BCUT2D eigenvalue weighted by atomic mass is 16.7. The number of fused-ring (bicyclic) bond motifs is 1. The highest BCUT2D eigenvalue weighted by Gasteiger charge is 2.27. The zero-order valence-corrected chi connectivity index (χ0v) is 15.6. The van der Waals surface area contributed by atoms with Crippen LogP contribution < -0.4 is 14.8 Å². The van der Waals surface area contributed by atoms with Gasteiger partial charge in [-0.1, -0.05) is 0 Å². The number of carbonyl (C=O) groups excluding carboxylic acids is 2. The van der Waals surface area contributed by atoms with E-state index in [1.54, 1.807) is 47.4 Å². The molecule has 2 N–H and O–H groups in total. The number of aliphatic carboxylic acids is 1. The molecular formula is C21H20N2O6. The number of amides is 2. The Morgan fingerprint density at radius 1 is 0.931 bits per heavy atom. The van der Waals surface area contributed by atoms with Gasteiger partial charge in [0, 0.05) is 29.9 Å². The molecule has 8 heteroatoms. The van der Waals surface area contributed by atoms with Crippen LogP contribution in [0.3, 0.4) is 0 Å². The largest absolute Gasteiger partial charge is 0.481 e. The van der Waals surface area contributed by atoms with E-state index in [-0.39, 0.29) is 24.5 Å². The monoisotopic (exact) mass is 396 g/mol. The van der Waals surface area contributed by atoms with E-state index in [2.05, 4.69) is 5.32 Å². The van der Waals surface area contributed by atoms with Crippen LogP contribution in [0.15, 0.2) is 42.5 Å². The average Bonchev–Trinajstić information content (AvgIpc) is 3.21. The maximum absolute atomic E-state index is 12.6. The van der Waals surface area contributed by atoms with Gasteiger partial charge < -0.3 is 24.8 Å². The van der Waals surface area contributed by atoms with Crippen molar-refractivity contribution in [1.29, 1.82) is 0 Å². The lowest BCUT2D eigenvalue weighted by atomic mass is 9.96. The Kier molecular flexibility index (Phi) is 5.07. The zero-order valence-electron chi connectivity index (χ0n) is 15.6. The highest BCUT2D eigenvalue weighted by Crippen LogP contribution is 2.32. The first-order chi connectivity index (χ1) is 14.0. The van der Waals surface area contributed by atoms with Crippen LogP contribution in [0.2, 0.25) is 0 Å². The number of carboxylic acid groups (broad SMARTS) is 1. The number of ether oxygens (including phenoxy) is 2. The summed E-state index contributed by atoms with van der Waals surface area (Å²) in [6, 6.07) is 11.6. The third kappa shape index (κ3) is 4.01. The Balaban J connectivity index is 1.37. The number of hydrogen-bond acceptors (Lipinski definition) is 5. The Morgan fingerprint density at radius 3 is 2.28 bits per heavy atom. The minimum Gasteiger partial charge on any atom is -0.481 e. The minimum absolute atomic E-state index is 0.137. The van der Waals surface area contributed by atoms with Crippen LogP contribution in [-0.2, 0) is 4.79 Å². The van der Waals surface area contributed by atoms with E-state index in [4.69, 9.17) is 14.6 Å². The lowest BCUT2D eigenvalue weighted by molar-refractivity contribution is -0.143. The number of likely N-dealkylation sites (tertiary alicyclic amines) is 1. The molecule has 0 unspecified atom stereocenters. The number of nitrogens with one attached hydrogen (secondary N) is 1. The molecule has 0 aromatic heterocycles. The predicted octanol–water partition coefficient (Wildman–Crippen LogP) is 2.60. The normalized spacial score (nSPS) is 15.8. The number of nitrogens with zero attached hydrogens (tertiary/aromatic N) is 1. The molecule has 2 heterocycles. The molecule has 2 aromatic rings. The summed E-state index contributed by atoms with van der Waals surface area (Å²) in [5.74, 6) is -0.477. The second-order valence-electron chi connectivity index (χ2n) is 7.00. The summed E-state index contributed by atoms with van der Waals surface area (Å²) in [4.78, 5) is 37.7. The molecule has 2 aliphatic rings. The van der Waals surface area contributed by atoms with Gasteiger partial charge in [0.1, 0.15) is 0 Å². The maximum atomic E-state index is 12.6. The Bertz CT molecular complexity index is 948. The minimum atomic E-state index is -0.806. The van der Waals surface area contributed by atoms with Crippen molar-refractivity contribution in [3.63, 3.8) is 0 Å². The third-order valence-electron chi connectivity index (χ3n) is 5.16. The topological polar surface area (TPSA) is 105 Å². The standard InChI is InChI=1S/C21H20N2O6/c24-19(15-3-6-17-18(11-15)29-12-28-17)22-16-4-1-13(2-5-16)20(25)23-9-7-14(8-10-23)21(26)27/h1-6,11,14H,7-10,12H2,(H,22,24)(H,26,27). The first kappa shape index (κ1) is 18.8. The van der Waals surface area contributed by atoms with Crippen molar-refractivity contribution in [3.05, 3.63) is 53.6 Å². The summed E-state index contributed by atoms with van der Waals surface area (Å²) < 4.78 is 10.5. The van der Waals surface area contributed by atoms with Gasteiger partial charge in [-0.2, -0.15) is 0 Å². The second kappa shape index (κ2) is 7.83. The van der Waals surface area contributed by atoms with Crippen LogP contribution in [0.25, 0.3) is 0 Å². The number of piperidine rings is 1.